The van der Waals surface area contributed by atoms with E-state index in [4.69, 9.17) is 16.3 Å². The highest BCUT2D eigenvalue weighted by molar-refractivity contribution is 6.30. The molecule has 0 aliphatic carbocycles. The van der Waals surface area contributed by atoms with E-state index in [1.165, 1.54) is 11.2 Å². The van der Waals surface area contributed by atoms with Crippen molar-refractivity contribution in [3.8, 4) is 11.6 Å². The zero-order valence-electron chi connectivity index (χ0n) is 17.2. The van der Waals surface area contributed by atoms with Crippen LogP contribution >= 0.6 is 11.6 Å². The summed E-state index contributed by atoms with van der Waals surface area (Å²) < 4.78 is 5.62. The number of benzene rings is 2. The van der Waals surface area contributed by atoms with Crippen LogP contribution in [0.4, 0.5) is 5.69 Å². The van der Waals surface area contributed by atoms with Gasteiger partial charge in [0.1, 0.15) is 5.75 Å². The quantitative estimate of drug-likeness (QED) is 0.558. The van der Waals surface area contributed by atoms with Gasteiger partial charge in [-0.1, -0.05) is 41.9 Å². The second kappa shape index (κ2) is 10.1. The Hall–Kier alpha value is -3.71. The van der Waals surface area contributed by atoms with Gasteiger partial charge < -0.3 is 10.1 Å². The van der Waals surface area contributed by atoms with E-state index in [9.17, 15) is 9.59 Å². The number of hydrogen-bond donors (Lipinski definition) is 1. The standard InChI is InChI=1S/C24H21ClN4O3/c25-18-6-9-20(10-7-18)32-23-12-8-19(16-26-23)27-22(30)11-13-24(31)29-15-14-21(28-29)17-4-2-1-3-5-17/h1-10,12,16H,11,13-15H2,(H,27,30). The molecule has 0 radical (unpaired) electrons. The number of nitrogens with one attached hydrogen (secondary N) is 1. The highest BCUT2D eigenvalue weighted by Crippen LogP contribution is 2.22. The zero-order chi connectivity index (χ0) is 22.3. The van der Waals surface area contributed by atoms with Crippen LogP contribution in [0.5, 0.6) is 11.6 Å². The Morgan fingerprint density at radius 3 is 2.50 bits per heavy atom. The number of carbonyl (C=O) groups is 2. The third-order valence-corrected chi connectivity index (χ3v) is 5.07. The van der Waals surface area contributed by atoms with Crippen LogP contribution in [0.1, 0.15) is 24.8 Å². The number of hydrogen-bond acceptors (Lipinski definition) is 5. The highest BCUT2D eigenvalue weighted by atomic mass is 35.5. The van der Waals surface area contributed by atoms with Crippen molar-refractivity contribution in [3.05, 3.63) is 83.5 Å². The largest absolute Gasteiger partial charge is 0.439 e. The SMILES string of the molecule is O=C(CCC(=O)N1CCC(c2ccccc2)=N1)Nc1ccc(Oc2ccc(Cl)cc2)nc1. The summed E-state index contributed by atoms with van der Waals surface area (Å²) in [5.41, 5.74) is 2.42. The molecule has 1 aliphatic rings. The molecule has 1 aliphatic heterocycles. The molecule has 4 rings (SSSR count). The van der Waals surface area contributed by atoms with Crippen molar-refractivity contribution < 1.29 is 14.3 Å². The van der Waals surface area contributed by atoms with Gasteiger partial charge in [0.25, 0.3) is 0 Å². The Kier molecular flexibility index (Phi) is 6.77. The highest BCUT2D eigenvalue weighted by Gasteiger charge is 2.21. The summed E-state index contributed by atoms with van der Waals surface area (Å²) in [5.74, 6) is 0.563. The lowest BCUT2D eigenvalue weighted by Gasteiger charge is -2.11. The Balaban J connectivity index is 1.24. The summed E-state index contributed by atoms with van der Waals surface area (Å²) >= 11 is 5.86. The van der Waals surface area contributed by atoms with Crippen LogP contribution in [-0.2, 0) is 9.59 Å². The molecule has 0 unspecified atom stereocenters. The summed E-state index contributed by atoms with van der Waals surface area (Å²) in [6.07, 6.45) is 2.36. The number of pyridine rings is 1. The predicted molar refractivity (Wildman–Crippen MR) is 123 cm³/mol. The molecule has 2 aromatic carbocycles. The second-order valence-electron chi connectivity index (χ2n) is 7.17. The number of hydrazone groups is 1. The smallest absolute Gasteiger partial charge is 0.243 e. The molecule has 2 heterocycles. The van der Waals surface area contributed by atoms with Crippen LogP contribution in [0.2, 0.25) is 5.02 Å². The summed E-state index contributed by atoms with van der Waals surface area (Å²) in [4.78, 5) is 28.8. The van der Waals surface area contributed by atoms with E-state index in [1.54, 1.807) is 36.4 Å². The number of carbonyl (C=O) groups excluding carboxylic acids is 2. The van der Waals surface area contributed by atoms with E-state index in [2.05, 4.69) is 15.4 Å². The fourth-order valence-corrected chi connectivity index (χ4v) is 3.31. The van der Waals surface area contributed by atoms with Crippen molar-refractivity contribution in [2.24, 2.45) is 5.10 Å². The summed E-state index contributed by atoms with van der Waals surface area (Å²) in [7, 11) is 0. The molecule has 0 spiro atoms. The summed E-state index contributed by atoms with van der Waals surface area (Å²) in [6, 6.07) is 20.0. The Labute approximate surface area is 190 Å². The molecule has 8 heteroatoms. The topological polar surface area (TPSA) is 83.9 Å². The first-order valence-corrected chi connectivity index (χ1v) is 10.6. The van der Waals surface area contributed by atoms with Crippen LogP contribution in [-0.4, -0.2) is 34.1 Å². The molecule has 32 heavy (non-hydrogen) atoms. The minimum atomic E-state index is -0.266. The molecule has 0 bridgehead atoms. The molecule has 1 N–H and O–H groups in total. The molecule has 1 aromatic heterocycles. The second-order valence-corrected chi connectivity index (χ2v) is 7.61. The van der Waals surface area contributed by atoms with Gasteiger partial charge in [0.2, 0.25) is 17.7 Å². The van der Waals surface area contributed by atoms with Gasteiger partial charge in [0.05, 0.1) is 24.1 Å². The van der Waals surface area contributed by atoms with E-state index in [0.717, 1.165) is 11.3 Å². The Morgan fingerprint density at radius 2 is 1.78 bits per heavy atom. The van der Waals surface area contributed by atoms with Gasteiger partial charge in [-0.15, -0.1) is 0 Å². The molecule has 162 valence electrons. The maximum Gasteiger partial charge on any atom is 0.243 e. The molecule has 0 atom stereocenters. The van der Waals surface area contributed by atoms with E-state index in [0.29, 0.717) is 35.3 Å². The third-order valence-electron chi connectivity index (χ3n) is 4.82. The molecule has 0 fully saturated rings. The van der Waals surface area contributed by atoms with Crippen LogP contribution < -0.4 is 10.1 Å². The van der Waals surface area contributed by atoms with Crippen LogP contribution in [0.3, 0.4) is 0 Å². The van der Waals surface area contributed by atoms with Crippen molar-refractivity contribution >= 4 is 34.8 Å². The molecule has 3 aromatic rings. The molecular weight excluding hydrogens is 428 g/mol. The average molecular weight is 449 g/mol. The van der Waals surface area contributed by atoms with Crippen molar-refractivity contribution in [2.75, 3.05) is 11.9 Å². The van der Waals surface area contributed by atoms with Gasteiger partial charge in [-0.3, -0.25) is 9.59 Å². The number of ether oxygens (including phenoxy) is 1. The minimum absolute atomic E-state index is 0.0640. The summed E-state index contributed by atoms with van der Waals surface area (Å²) in [5, 5.41) is 9.21. The van der Waals surface area contributed by atoms with E-state index in [1.807, 2.05) is 30.3 Å². The predicted octanol–water partition coefficient (Wildman–Crippen LogP) is 4.88. The first kappa shape index (κ1) is 21.5. The number of amides is 2. The normalized spacial score (nSPS) is 12.9. The number of rotatable bonds is 7. The lowest BCUT2D eigenvalue weighted by atomic mass is 10.1. The first-order chi connectivity index (χ1) is 15.6. The van der Waals surface area contributed by atoms with Crippen molar-refractivity contribution in [1.82, 2.24) is 9.99 Å². The van der Waals surface area contributed by atoms with Gasteiger partial charge in [0.15, 0.2) is 0 Å². The maximum absolute atomic E-state index is 12.4. The van der Waals surface area contributed by atoms with Crippen molar-refractivity contribution in [3.63, 3.8) is 0 Å². The fraction of sp³-hybridized carbons (Fsp3) is 0.167. The van der Waals surface area contributed by atoms with E-state index < -0.39 is 0 Å². The third kappa shape index (κ3) is 5.70. The molecule has 2 amide bonds. The van der Waals surface area contributed by atoms with Gasteiger partial charge in [-0.05, 0) is 35.9 Å². The van der Waals surface area contributed by atoms with Crippen molar-refractivity contribution in [2.45, 2.75) is 19.3 Å². The fourth-order valence-electron chi connectivity index (χ4n) is 3.18. The van der Waals surface area contributed by atoms with E-state index in [-0.39, 0.29) is 24.7 Å². The number of aromatic nitrogens is 1. The lowest BCUT2D eigenvalue weighted by molar-refractivity contribution is -0.132. The van der Waals surface area contributed by atoms with E-state index >= 15 is 0 Å². The lowest BCUT2D eigenvalue weighted by Crippen LogP contribution is -2.25. The van der Waals surface area contributed by atoms with Crippen LogP contribution in [0.25, 0.3) is 0 Å². The summed E-state index contributed by atoms with van der Waals surface area (Å²) in [6.45, 7) is 0.531. The van der Waals surface area contributed by atoms with Gasteiger partial charge in [0, 0.05) is 30.4 Å². The minimum Gasteiger partial charge on any atom is -0.439 e. The molecule has 0 saturated carbocycles. The molecular formula is C24H21ClN4O3. The Morgan fingerprint density at radius 1 is 1.00 bits per heavy atom. The average Bonchev–Trinajstić information content (AvgIpc) is 3.31. The zero-order valence-corrected chi connectivity index (χ0v) is 18.0. The molecule has 7 nitrogen and oxygen atoms in total. The van der Waals surface area contributed by atoms with Crippen LogP contribution in [0.15, 0.2) is 78.0 Å². The van der Waals surface area contributed by atoms with Gasteiger partial charge >= 0.3 is 0 Å². The first-order valence-electron chi connectivity index (χ1n) is 10.2. The van der Waals surface area contributed by atoms with Gasteiger partial charge in [-0.2, -0.15) is 5.10 Å². The Bertz CT molecular complexity index is 1120. The van der Waals surface area contributed by atoms with Crippen LogP contribution in [0, 0.1) is 0 Å². The van der Waals surface area contributed by atoms with Gasteiger partial charge in [-0.25, -0.2) is 9.99 Å². The van der Waals surface area contributed by atoms with Crippen molar-refractivity contribution in [1.29, 1.82) is 0 Å². The number of anilines is 1. The molecule has 0 saturated heterocycles. The number of halogens is 1. The maximum atomic E-state index is 12.4. The monoisotopic (exact) mass is 448 g/mol. The number of nitrogens with zero attached hydrogens (tertiary/aromatic N) is 3.